The number of carbonyl (C=O) groups is 1. The molecule has 1 atom stereocenters. The topological polar surface area (TPSA) is 38.3 Å². The zero-order valence-electron chi connectivity index (χ0n) is 11.2. The maximum absolute atomic E-state index is 11.6. The molecule has 102 valence electrons. The molecule has 0 saturated carbocycles. The zero-order valence-corrected chi connectivity index (χ0v) is 11.2. The van der Waals surface area contributed by atoms with Crippen LogP contribution in [-0.4, -0.2) is 12.1 Å². The Morgan fingerprint density at radius 3 is 2.68 bits per heavy atom. The summed E-state index contributed by atoms with van der Waals surface area (Å²) in [6, 6.07) is 9.54. The van der Waals surface area contributed by atoms with Gasteiger partial charge in [0.1, 0.15) is 6.61 Å². The second-order valence-corrected chi connectivity index (χ2v) is 4.27. The van der Waals surface area contributed by atoms with Crippen LogP contribution < -0.4 is 5.32 Å². The first kappa shape index (κ1) is 15.0. The van der Waals surface area contributed by atoms with Crippen molar-refractivity contribution in [2.75, 3.05) is 0 Å². The van der Waals surface area contributed by atoms with Crippen molar-refractivity contribution in [1.82, 2.24) is 5.32 Å². The van der Waals surface area contributed by atoms with E-state index in [1.54, 1.807) is 6.08 Å². The molecule has 0 fully saturated rings. The van der Waals surface area contributed by atoms with Gasteiger partial charge in [0.2, 0.25) is 0 Å². The van der Waals surface area contributed by atoms with E-state index in [0.717, 1.165) is 24.8 Å². The van der Waals surface area contributed by atoms with Gasteiger partial charge >= 0.3 is 6.09 Å². The highest BCUT2D eigenvalue weighted by molar-refractivity contribution is 5.67. The van der Waals surface area contributed by atoms with Gasteiger partial charge in [-0.2, -0.15) is 0 Å². The average Bonchev–Trinajstić information content (AvgIpc) is 2.45. The Hall–Kier alpha value is -2.03. The van der Waals surface area contributed by atoms with E-state index in [0.29, 0.717) is 0 Å². The number of ether oxygens (including phenoxy) is 1. The Morgan fingerprint density at radius 1 is 1.32 bits per heavy atom. The Balaban J connectivity index is 2.28. The van der Waals surface area contributed by atoms with E-state index < -0.39 is 6.09 Å². The molecule has 1 amide bonds. The summed E-state index contributed by atoms with van der Waals surface area (Å²) in [5.74, 6) is 0. The van der Waals surface area contributed by atoms with Gasteiger partial charge in [0, 0.05) is 0 Å². The summed E-state index contributed by atoms with van der Waals surface area (Å²) in [7, 11) is 0. The van der Waals surface area contributed by atoms with Crippen LogP contribution in [-0.2, 0) is 11.3 Å². The standard InChI is InChI=1S/C16H21NO2/c1-3-5-7-12-15(4-2)17-16(18)19-13-14-10-8-6-9-11-14/h3-4,6,8-11,15H,1-2,5,7,12-13H2,(H,17,18). The monoisotopic (exact) mass is 259 g/mol. The number of hydrogen-bond donors (Lipinski definition) is 1. The summed E-state index contributed by atoms with van der Waals surface area (Å²) >= 11 is 0. The molecule has 3 nitrogen and oxygen atoms in total. The van der Waals surface area contributed by atoms with Crippen LogP contribution in [0.15, 0.2) is 55.6 Å². The summed E-state index contributed by atoms with van der Waals surface area (Å²) in [6.45, 7) is 7.67. The fourth-order valence-corrected chi connectivity index (χ4v) is 1.65. The van der Waals surface area contributed by atoms with Crippen molar-refractivity contribution in [2.45, 2.75) is 31.9 Å². The first-order valence-electron chi connectivity index (χ1n) is 6.47. The van der Waals surface area contributed by atoms with E-state index in [2.05, 4.69) is 18.5 Å². The molecule has 3 heteroatoms. The third-order valence-corrected chi connectivity index (χ3v) is 2.72. The normalized spacial score (nSPS) is 11.4. The predicted molar refractivity (Wildman–Crippen MR) is 77.8 cm³/mol. The molecule has 0 heterocycles. The summed E-state index contributed by atoms with van der Waals surface area (Å²) in [5, 5.41) is 2.78. The van der Waals surface area contributed by atoms with E-state index in [1.807, 2.05) is 36.4 Å². The van der Waals surface area contributed by atoms with Gasteiger partial charge in [0.05, 0.1) is 6.04 Å². The van der Waals surface area contributed by atoms with Crippen molar-refractivity contribution in [2.24, 2.45) is 0 Å². The van der Waals surface area contributed by atoms with Crippen molar-refractivity contribution in [3.63, 3.8) is 0 Å². The first-order valence-corrected chi connectivity index (χ1v) is 6.47. The van der Waals surface area contributed by atoms with Gasteiger partial charge in [-0.1, -0.05) is 42.5 Å². The third-order valence-electron chi connectivity index (χ3n) is 2.72. The van der Waals surface area contributed by atoms with Crippen LogP contribution in [0.5, 0.6) is 0 Å². The smallest absolute Gasteiger partial charge is 0.407 e. The van der Waals surface area contributed by atoms with Gasteiger partial charge in [0.15, 0.2) is 0 Å². The lowest BCUT2D eigenvalue weighted by Crippen LogP contribution is -2.33. The van der Waals surface area contributed by atoms with Gasteiger partial charge in [0.25, 0.3) is 0 Å². The molecule has 19 heavy (non-hydrogen) atoms. The number of amides is 1. The van der Waals surface area contributed by atoms with E-state index in [4.69, 9.17) is 4.74 Å². The lowest BCUT2D eigenvalue weighted by Gasteiger charge is -2.14. The van der Waals surface area contributed by atoms with Crippen LogP contribution in [0.25, 0.3) is 0 Å². The van der Waals surface area contributed by atoms with E-state index in [9.17, 15) is 4.79 Å². The van der Waals surface area contributed by atoms with Gasteiger partial charge in [-0.15, -0.1) is 13.2 Å². The van der Waals surface area contributed by atoms with Crippen LogP contribution in [0.1, 0.15) is 24.8 Å². The number of benzene rings is 1. The molecule has 1 N–H and O–H groups in total. The minimum atomic E-state index is -0.410. The number of unbranched alkanes of at least 4 members (excludes halogenated alkanes) is 1. The van der Waals surface area contributed by atoms with Gasteiger partial charge in [-0.05, 0) is 24.8 Å². The Labute approximate surface area is 115 Å². The fourth-order valence-electron chi connectivity index (χ4n) is 1.65. The van der Waals surface area contributed by atoms with Crippen molar-refractivity contribution >= 4 is 6.09 Å². The van der Waals surface area contributed by atoms with Crippen molar-refractivity contribution in [3.8, 4) is 0 Å². The van der Waals surface area contributed by atoms with Gasteiger partial charge in [-0.3, -0.25) is 0 Å². The molecule has 0 saturated heterocycles. The van der Waals surface area contributed by atoms with Crippen LogP contribution in [0.3, 0.4) is 0 Å². The molecule has 1 unspecified atom stereocenters. The average molecular weight is 259 g/mol. The number of carbonyl (C=O) groups excluding carboxylic acids is 1. The second-order valence-electron chi connectivity index (χ2n) is 4.27. The Morgan fingerprint density at radius 2 is 2.05 bits per heavy atom. The maximum Gasteiger partial charge on any atom is 0.407 e. The van der Waals surface area contributed by atoms with Crippen molar-refractivity contribution < 1.29 is 9.53 Å². The van der Waals surface area contributed by atoms with Crippen molar-refractivity contribution in [1.29, 1.82) is 0 Å². The highest BCUT2D eigenvalue weighted by Crippen LogP contribution is 2.04. The highest BCUT2D eigenvalue weighted by atomic mass is 16.5. The number of allylic oxidation sites excluding steroid dienone is 1. The predicted octanol–water partition coefficient (Wildman–Crippen LogP) is 3.82. The first-order chi connectivity index (χ1) is 9.26. The molecule has 0 bridgehead atoms. The summed E-state index contributed by atoms with van der Waals surface area (Å²) in [5.41, 5.74) is 0.972. The quantitative estimate of drug-likeness (QED) is 0.569. The molecular weight excluding hydrogens is 238 g/mol. The molecule has 0 radical (unpaired) electrons. The second kappa shape index (κ2) is 8.97. The minimum absolute atomic E-state index is 0.0526. The minimum Gasteiger partial charge on any atom is -0.445 e. The SMILES string of the molecule is C=CCCCC(C=C)NC(=O)OCc1ccccc1. The fraction of sp³-hybridized carbons (Fsp3) is 0.312. The Bertz CT molecular complexity index is 400. The molecular formula is C16H21NO2. The van der Waals surface area contributed by atoms with Gasteiger partial charge < -0.3 is 10.1 Å². The number of hydrogen-bond acceptors (Lipinski definition) is 2. The Kier molecular flexibility index (Phi) is 7.10. The van der Waals surface area contributed by atoms with Crippen molar-refractivity contribution in [3.05, 3.63) is 61.2 Å². The molecule has 0 aliphatic carbocycles. The number of nitrogens with one attached hydrogen (secondary N) is 1. The molecule has 1 aromatic carbocycles. The molecule has 0 aliphatic heterocycles. The van der Waals surface area contributed by atoms with E-state index in [-0.39, 0.29) is 12.6 Å². The lowest BCUT2D eigenvalue weighted by molar-refractivity contribution is 0.137. The summed E-state index contributed by atoms with van der Waals surface area (Å²) < 4.78 is 5.15. The number of alkyl carbamates (subject to hydrolysis) is 1. The molecule has 0 aromatic heterocycles. The van der Waals surface area contributed by atoms with E-state index in [1.165, 1.54) is 0 Å². The molecule has 0 aliphatic rings. The third kappa shape index (κ3) is 6.46. The largest absolute Gasteiger partial charge is 0.445 e. The van der Waals surface area contributed by atoms with Crippen LogP contribution in [0, 0.1) is 0 Å². The molecule has 1 aromatic rings. The maximum atomic E-state index is 11.6. The lowest BCUT2D eigenvalue weighted by atomic mass is 10.1. The highest BCUT2D eigenvalue weighted by Gasteiger charge is 2.09. The van der Waals surface area contributed by atoms with Crippen LogP contribution in [0.4, 0.5) is 4.79 Å². The van der Waals surface area contributed by atoms with E-state index >= 15 is 0 Å². The molecule has 1 rings (SSSR count). The summed E-state index contributed by atoms with van der Waals surface area (Å²) in [6.07, 6.45) is 5.94. The van der Waals surface area contributed by atoms with Crippen LogP contribution >= 0.6 is 0 Å². The van der Waals surface area contributed by atoms with Crippen LogP contribution in [0.2, 0.25) is 0 Å². The summed E-state index contributed by atoms with van der Waals surface area (Å²) in [4.78, 5) is 11.6. The zero-order chi connectivity index (χ0) is 13.9. The molecule has 0 spiro atoms. The van der Waals surface area contributed by atoms with Gasteiger partial charge in [-0.25, -0.2) is 4.79 Å². The number of rotatable bonds is 8.